The first-order chi connectivity index (χ1) is 8.24. The molecule has 0 saturated carbocycles. The summed E-state index contributed by atoms with van der Waals surface area (Å²) in [5, 5.41) is 0. The quantitative estimate of drug-likeness (QED) is 0.536. The highest BCUT2D eigenvalue weighted by atomic mass is 16.5. The molecule has 0 radical (unpaired) electrons. The number of pyridine rings is 1. The third kappa shape index (κ3) is 2.57. The van der Waals surface area contributed by atoms with E-state index in [1.54, 1.807) is 6.20 Å². The second-order valence-corrected chi connectivity index (χ2v) is 4.52. The highest BCUT2D eigenvalue weighted by molar-refractivity contribution is 5.46. The summed E-state index contributed by atoms with van der Waals surface area (Å²) in [6.45, 7) is 3.63. The molecule has 1 fully saturated rings. The highest BCUT2D eigenvalue weighted by Crippen LogP contribution is 2.33. The minimum atomic E-state index is 0.0626. The molecule has 5 heteroatoms. The van der Waals surface area contributed by atoms with E-state index in [-0.39, 0.29) is 6.04 Å². The van der Waals surface area contributed by atoms with E-state index < -0.39 is 0 Å². The Kier molecular flexibility index (Phi) is 3.93. The molecule has 2 heterocycles. The summed E-state index contributed by atoms with van der Waals surface area (Å²) in [5.41, 5.74) is 11.0. The van der Waals surface area contributed by atoms with E-state index >= 15 is 0 Å². The molecule has 2 rings (SSSR count). The number of anilines is 1. The van der Waals surface area contributed by atoms with Gasteiger partial charge >= 0.3 is 0 Å². The molecule has 0 spiro atoms. The fourth-order valence-electron chi connectivity index (χ4n) is 2.50. The monoisotopic (exact) mass is 236 g/mol. The Labute approximate surface area is 102 Å². The molecule has 17 heavy (non-hydrogen) atoms. The summed E-state index contributed by atoms with van der Waals surface area (Å²) in [5.74, 6) is 6.73. The van der Waals surface area contributed by atoms with Crippen LogP contribution in [0.4, 0.5) is 5.82 Å². The van der Waals surface area contributed by atoms with Crippen LogP contribution in [-0.4, -0.2) is 18.2 Å². The lowest BCUT2D eigenvalue weighted by Crippen LogP contribution is -2.37. The summed E-state index contributed by atoms with van der Waals surface area (Å²) in [6.07, 6.45) is 3.73. The molecule has 1 atom stereocenters. The number of hydrazine groups is 1. The minimum absolute atomic E-state index is 0.0626. The summed E-state index contributed by atoms with van der Waals surface area (Å²) in [4.78, 5) is 4.15. The van der Waals surface area contributed by atoms with Crippen molar-refractivity contribution in [2.45, 2.75) is 25.8 Å². The first kappa shape index (κ1) is 12.3. The number of hydrogen-bond acceptors (Lipinski definition) is 5. The maximum Gasteiger partial charge on any atom is 0.128 e. The Morgan fingerprint density at radius 1 is 1.47 bits per heavy atom. The van der Waals surface area contributed by atoms with Crippen molar-refractivity contribution in [2.75, 3.05) is 18.9 Å². The van der Waals surface area contributed by atoms with Crippen LogP contribution in [0.1, 0.15) is 30.0 Å². The van der Waals surface area contributed by atoms with E-state index in [0.29, 0.717) is 11.7 Å². The normalized spacial score (nSPS) is 19.2. The van der Waals surface area contributed by atoms with Crippen molar-refractivity contribution in [2.24, 2.45) is 11.8 Å². The molecule has 1 unspecified atom stereocenters. The molecule has 0 amide bonds. The standard InChI is InChI=1S/C12H20N4O/c1-8-2-5-15-12(13)10(8)11(16-14)9-3-6-17-7-4-9/h2,5,9,11,16H,3-4,6-7,14H2,1H3,(H2,13,15). The number of nitrogens with zero attached hydrogens (tertiary/aromatic N) is 1. The molecule has 0 bridgehead atoms. The zero-order valence-electron chi connectivity index (χ0n) is 10.1. The maximum atomic E-state index is 5.97. The molecule has 1 aliphatic heterocycles. The second kappa shape index (κ2) is 5.44. The average Bonchev–Trinajstić information content (AvgIpc) is 2.35. The van der Waals surface area contributed by atoms with Crippen molar-refractivity contribution < 1.29 is 4.74 Å². The Balaban J connectivity index is 2.27. The number of aromatic nitrogens is 1. The van der Waals surface area contributed by atoms with Crippen LogP contribution in [0.2, 0.25) is 0 Å². The molecule has 0 aliphatic carbocycles. The number of hydrogen-bond donors (Lipinski definition) is 3. The largest absolute Gasteiger partial charge is 0.383 e. The van der Waals surface area contributed by atoms with Gasteiger partial charge in [-0.05, 0) is 37.3 Å². The highest BCUT2D eigenvalue weighted by Gasteiger charge is 2.27. The number of aryl methyl sites for hydroxylation is 1. The van der Waals surface area contributed by atoms with Crippen molar-refractivity contribution >= 4 is 5.82 Å². The Morgan fingerprint density at radius 3 is 2.76 bits per heavy atom. The molecular formula is C12H20N4O. The van der Waals surface area contributed by atoms with Crippen LogP contribution in [0.25, 0.3) is 0 Å². The van der Waals surface area contributed by atoms with Crippen molar-refractivity contribution in [1.29, 1.82) is 0 Å². The molecule has 5 N–H and O–H groups in total. The van der Waals surface area contributed by atoms with E-state index in [4.69, 9.17) is 16.3 Å². The number of nitrogens with one attached hydrogen (secondary N) is 1. The van der Waals surface area contributed by atoms with Gasteiger partial charge in [-0.2, -0.15) is 0 Å². The lowest BCUT2D eigenvalue weighted by atomic mass is 9.86. The Hall–Kier alpha value is -1.17. The van der Waals surface area contributed by atoms with Crippen molar-refractivity contribution in [3.63, 3.8) is 0 Å². The lowest BCUT2D eigenvalue weighted by molar-refractivity contribution is 0.0536. The fourth-order valence-corrected chi connectivity index (χ4v) is 2.50. The van der Waals surface area contributed by atoms with Crippen LogP contribution >= 0.6 is 0 Å². The van der Waals surface area contributed by atoms with Crippen LogP contribution in [0.3, 0.4) is 0 Å². The van der Waals surface area contributed by atoms with Gasteiger partial charge in [0.15, 0.2) is 0 Å². The minimum Gasteiger partial charge on any atom is -0.383 e. The molecule has 1 aromatic heterocycles. The van der Waals surface area contributed by atoms with Gasteiger partial charge in [-0.1, -0.05) is 0 Å². The number of rotatable bonds is 3. The van der Waals surface area contributed by atoms with Gasteiger partial charge in [-0.15, -0.1) is 0 Å². The van der Waals surface area contributed by atoms with E-state index in [9.17, 15) is 0 Å². The summed E-state index contributed by atoms with van der Waals surface area (Å²) in [7, 11) is 0. The first-order valence-electron chi connectivity index (χ1n) is 5.99. The predicted octanol–water partition coefficient (Wildman–Crippen LogP) is 0.903. The van der Waals surface area contributed by atoms with Crippen LogP contribution < -0.4 is 17.0 Å². The lowest BCUT2D eigenvalue weighted by Gasteiger charge is -2.31. The summed E-state index contributed by atoms with van der Waals surface area (Å²) < 4.78 is 5.38. The average molecular weight is 236 g/mol. The van der Waals surface area contributed by atoms with Crippen molar-refractivity contribution in [3.8, 4) is 0 Å². The van der Waals surface area contributed by atoms with Gasteiger partial charge in [0.05, 0.1) is 6.04 Å². The third-order valence-electron chi connectivity index (χ3n) is 3.47. The molecule has 94 valence electrons. The number of nitrogens with two attached hydrogens (primary N) is 2. The summed E-state index contributed by atoms with van der Waals surface area (Å²) in [6, 6.07) is 2.03. The van der Waals surface area contributed by atoms with Crippen LogP contribution in [0.5, 0.6) is 0 Å². The molecule has 1 aliphatic rings. The van der Waals surface area contributed by atoms with E-state index in [0.717, 1.165) is 37.2 Å². The topological polar surface area (TPSA) is 86.2 Å². The SMILES string of the molecule is Cc1ccnc(N)c1C(NN)C1CCOCC1. The fraction of sp³-hybridized carbons (Fsp3) is 0.583. The molecule has 1 saturated heterocycles. The number of ether oxygens (including phenoxy) is 1. The molecule has 0 aromatic carbocycles. The van der Waals surface area contributed by atoms with E-state index in [1.807, 2.05) is 13.0 Å². The summed E-state index contributed by atoms with van der Waals surface area (Å²) >= 11 is 0. The molecular weight excluding hydrogens is 216 g/mol. The smallest absolute Gasteiger partial charge is 0.128 e. The van der Waals surface area contributed by atoms with Gasteiger partial charge in [0, 0.05) is 25.0 Å². The number of nitrogen functional groups attached to an aromatic ring is 1. The van der Waals surface area contributed by atoms with E-state index in [2.05, 4.69) is 10.4 Å². The van der Waals surface area contributed by atoms with E-state index in [1.165, 1.54) is 0 Å². The Bertz CT molecular complexity index is 357. The molecule has 5 nitrogen and oxygen atoms in total. The van der Waals surface area contributed by atoms with Crippen LogP contribution in [0.15, 0.2) is 12.3 Å². The zero-order chi connectivity index (χ0) is 12.3. The van der Waals surface area contributed by atoms with Gasteiger partial charge in [0.2, 0.25) is 0 Å². The van der Waals surface area contributed by atoms with Crippen molar-refractivity contribution in [3.05, 3.63) is 23.4 Å². The molecule has 1 aromatic rings. The first-order valence-corrected chi connectivity index (χ1v) is 5.99. The zero-order valence-corrected chi connectivity index (χ0v) is 10.1. The van der Waals surface area contributed by atoms with Gasteiger partial charge in [0.25, 0.3) is 0 Å². The van der Waals surface area contributed by atoms with Gasteiger partial charge in [-0.3, -0.25) is 11.3 Å². The van der Waals surface area contributed by atoms with Crippen molar-refractivity contribution in [1.82, 2.24) is 10.4 Å². The predicted molar refractivity (Wildman–Crippen MR) is 67.0 cm³/mol. The maximum absolute atomic E-state index is 5.97. The second-order valence-electron chi connectivity index (χ2n) is 4.52. The third-order valence-corrected chi connectivity index (χ3v) is 3.47. The van der Waals surface area contributed by atoms with Gasteiger partial charge < -0.3 is 10.5 Å². The van der Waals surface area contributed by atoms with Crippen LogP contribution in [0, 0.1) is 12.8 Å². The van der Waals surface area contributed by atoms with Crippen LogP contribution in [-0.2, 0) is 4.74 Å². The Morgan fingerprint density at radius 2 is 2.18 bits per heavy atom. The van der Waals surface area contributed by atoms with Gasteiger partial charge in [0.1, 0.15) is 5.82 Å². The van der Waals surface area contributed by atoms with Gasteiger partial charge in [-0.25, -0.2) is 4.98 Å².